The van der Waals surface area contributed by atoms with Gasteiger partial charge < -0.3 is 10.2 Å². The molecule has 1 aromatic carbocycles. The monoisotopic (exact) mass is 335 g/mol. The van der Waals surface area contributed by atoms with Gasteiger partial charge in [-0.3, -0.25) is 4.79 Å². The van der Waals surface area contributed by atoms with Crippen molar-refractivity contribution >= 4 is 28.8 Å². The molecular weight excluding hydrogens is 318 g/mol. The fourth-order valence-corrected chi connectivity index (χ4v) is 3.74. The lowest BCUT2D eigenvalue weighted by Crippen LogP contribution is -2.39. The van der Waals surface area contributed by atoms with Crippen molar-refractivity contribution in [3.05, 3.63) is 40.4 Å². The first kappa shape index (κ1) is 15.5. The number of hydrogen-bond acceptors (Lipinski definition) is 4. The molecule has 1 unspecified atom stereocenters. The van der Waals surface area contributed by atoms with Crippen molar-refractivity contribution < 1.29 is 4.79 Å². The number of rotatable bonds is 4. The Hall–Kier alpha value is -1.43. The number of hydrogen-bond donors (Lipinski definition) is 1. The maximum atomic E-state index is 12.3. The summed E-state index contributed by atoms with van der Waals surface area (Å²) < 4.78 is 0. The van der Waals surface area contributed by atoms with Gasteiger partial charge in [-0.05, 0) is 19.0 Å². The standard InChI is InChI=1S/C16H18ClN3OS/c1-20(12-6-7-18-9-12)15(21)8-11-10-22-16(19-11)13-4-2-3-5-14(13)17/h2-5,10,12,18H,6-9H2,1H3. The van der Waals surface area contributed by atoms with Crippen LogP contribution < -0.4 is 5.32 Å². The number of halogens is 1. The zero-order chi connectivity index (χ0) is 15.5. The summed E-state index contributed by atoms with van der Waals surface area (Å²) in [7, 11) is 1.88. The summed E-state index contributed by atoms with van der Waals surface area (Å²) in [4.78, 5) is 18.8. The Bertz CT molecular complexity index is 667. The van der Waals surface area contributed by atoms with E-state index in [0.717, 1.165) is 35.8 Å². The second kappa shape index (κ2) is 6.77. The summed E-state index contributed by atoms with van der Waals surface area (Å²) in [6.07, 6.45) is 1.36. The maximum absolute atomic E-state index is 12.3. The third kappa shape index (κ3) is 3.32. The topological polar surface area (TPSA) is 45.2 Å². The largest absolute Gasteiger partial charge is 0.341 e. The highest BCUT2D eigenvalue weighted by atomic mass is 35.5. The number of thiazole rings is 1. The summed E-state index contributed by atoms with van der Waals surface area (Å²) >= 11 is 7.72. The molecule has 1 atom stereocenters. The van der Waals surface area contributed by atoms with E-state index in [9.17, 15) is 4.79 Å². The van der Waals surface area contributed by atoms with E-state index in [1.807, 2.05) is 41.6 Å². The molecule has 0 bridgehead atoms. The van der Waals surface area contributed by atoms with Crippen molar-refractivity contribution in [1.82, 2.24) is 15.2 Å². The van der Waals surface area contributed by atoms with Gasteiger partial charge in [-0.25, -0.2) is 4.98 Å². The minimum Gasteiger partial charge on any atom is -0.341 e. The van der Waals surface area contributed by atoms with E-state index in [2.05, 4.69) is 10.3 Å². The Morgan fingerprint density at radius 3 is 3.05 bits per heavy atom. The number of nitrogens with zero attached hydrogens (tertiary/aromatic N) is 2. The molecule has 1 amide bonds. The SMILES string of the molecule is CN(C(=O)Cc1csc(-c2ccccc2Cl)n1)C1CCNC1. The summed E-state index contributed by atoms with van der Waals surface area (Å²) in [5.41, 5.74) is 1.73. The molecule has 2 heterocycles. The Kier molecular flexibility index (Phi) is 4.76. The molecule has 2 aromatic rings. The molecule has 3 rings (SSSR count). The Labute approximate surface area is 139 Å². The van der Waals surface area contributed by atoms with Gasteiger partial charge in [-0.15, -0.1) is 11.3 Å². The molecule has 6 heteroatoms. The summed E-state index contributed by atoms with van der Waals surface area (Å²) in [5.74, 6) is 0.115. The van der Waals surface area contributed by atoms with Crippen LogP contribution in [0.15, 0.2) is 29.6 Å². The minimum atomic E-state index is 0.115. The van der Waals surface area contributed by atoms with E-state index in [1.165, 1.54) is 11.3 Å². The number of amides is 1. The van der Waals surface area contributed by atoms with Gasteiger partial charge >= 0.3 is 0 Å². The molecule has 1 aliphatic heterocycles. The van der Waals surface area contributed by atoms with E-state index >= 15 is 0 Å². The van der Waals surface area contributed by atoms with Crippen LogP contribution in [0, 0.1) is 0 Å². The predicted molar refractivity (Wildman–Crippen MR) is 90.3 cm³/mol. The quantitative estimate of drug-likeness (QED) is 0.934. The number of carbonyl (C=O) groups excluding carboxylic acids is 1. The highest BCUT2D eigenvalue weighted by Gasteiger charge is 2.23. The van der Waals surface area contributed by atoms with Crippen molar-refractivity contribution in [3.63, 3.8) is 0 Å². The molecule has 0 spiro atoms. The zero-order valence-electron chi connectivity index (χ0n) is 12.4. The lowest BCUT2D eigenvalue weighted by Gasteiger charge is -2.23. The number of aromatic nitrogens is 1. The molecular formula is C16H18ClN3OS. The Balaban J connectivity index is 1.69. The number of nitrogens with one attached hydrogen (secondary N) is 1. The Morgan fingerprint density at radius 2 is 2.32 bits per heavy atom. The summed E-state index contributed by atoms with van der Waals surface area (Å²) in [6.45, 7) is 1.86. The average molecular weight is 336 g/mol. The van der Waals surface area contributed by atoms with Gasteiger partial charge in [0.05, 0.1) is 17.1 Å². The fourth-order valence-electron chi connectivity index (χ4n) is 2.60. The molecule has 22 heavy (non-hydrogen) atoms. The molecule has 1 saturated heterocycles. The van der Waals surface area contributed by atoms with Gasteiger partial charge in [0.25, 0.3) is 0 Å². The van der Waals surface area contributed by atoms with Gasteiger partial charge in [0.1, 0.15) is 5.01 Å². The molecule has 0 radical (unpaired) electrons. The zero-order valence-corrected chi connectivity index (χ0v) is 14.0. The minimum absolute atomic E-state index is 0.115. The molecule has 1 aliphatic rings. The smallest absolute Gasteiger partial charge is 0.228 e. The van der Waals surface area contributed by atoms with Gasteiger partial charge in [0, 0.05) is 30.6 Å². The molecule has 1 fully saturated rings. The van der Waals surface area contributed by atoms with Gasteiger partial charge in [0.15, 0.2) is 0 Å². The third-order valence-corrected chi connectivity index (χ3v) is 5.22. The van der Waals surface area contributed by atoms with Crippen molar-refractivity contribution in [1.29, 1.82) is 0 Å². The van der Waals surface area contributed by atoms with Crippen LogP contribution >= 0.6 is 22.9 Å². The van der Waals surface area contributed by atoms with E-state index in [0.29, 0.717) is 17.5 Å². The number of benzene rings is 1. The second-order valence-electron chi connectivity index (χ2n) is 5.45. The normalized spacial score (nSPS) is 17.6. The Morgan fingerprint density at radius 1 is 1.50 bits per heavy atom. The van der Waals surface area contributed by atoms with Crippen molar-refractivity contribution in [2.75, 3.05) is 20.1 Å². The first-order valence-electron chi connectivity index (χ1n) is 7.31. The molecule has 4 nitrogen and oxygen atoms in total. The van der Waals surface area contributed by atoms with Crippen LogP contribution in [-0.2, 0) is 11.2 Å². The van der Waals surface area contributed by atoms with Crippen molar-refractivity contribution in [2.24, 2.45) is 0 Å². The van der Waals surface area contributed by atoms with Gasteiger partial charge in [0.2, 0.25) is 5.91 Å². The fraction of sp³-hybridized carbons (Fsp3) is 0.375. The van der Waals surface area contributed by atoms with Gasteiger partial charge in [-0.2, -0.15) is 0 Å². The lowest BCUT2D eigenvalue weighted by molar-refractivity contribution is -0.130. The molecule has 116 valence electrons. The first-order valence-corrected chi connectivity index (χ1v) is 8.56. The lowest BCUT2D eigenvalue weighted by atomic mass is 10.2. The number of likely N-dealkylation sites (N-methyl/N-ethyl adjacent to an activating group) is 1. The highest BCUT2D eigenvalue weighted by Crippen LogP contribution is 2.30. The third-order valence-electron chi connectivity index (χ3n) is 3.96. The molecule has 1 aromatic heterocycles. The van der Waals surface area contributed by atoms with E-state index in [-0.39, 0.29) is 5.91 Å². The molecule has 0 saturated carbocycles. The van der Waals surface area contributed by atoms with Crippen LogP contribution in [0.4, 0.5) is 0 Å². The van der Waals surface area contributed by atoms with E-state index < -0.39 is 0 Å². The van der Waals surface area contributed by atoms with Crippen LogP contribution in [-0.4, -0.2) is 42.0 Å². The van der Waals surface area contributed by atoms with Crippen LogP contribution in [0.25, 0.3) is 10.6 Å². The number of carbonyl (C=O) groups is 1. The first-order chi connectivity index (χ1) is 10.6. The molecule has 0 aliphatic carbocycles. The van der Waals surface area contributed by atoms with Crippen molar-refractivity contribution in [3.8, 4) is 10.6 Å². The predicted octanol–water partition coefficient (Wildman–Crippen LogP) is 2.83. The summed E-state index contributed by atoms with van der Waals surface area (Å²) in [6, 6.07) is 7.93. The molecule has 1 N–H and O–H groups in total. The summed E-state index contributed by atoms with van der Waals surface area (Å²) in [5, 5.41) is 6.77. The van der Waals surface area contributed by atoms with Crippen LogP contribution in [0.2, 0.25) is 5.02 Å². The highest BCUT2D eigenvalue weighted by molar-refractivity contribution is 7.13. The van der Waals surface area contributed by atoms with E-state index in [1.54, 1.807) is 0 Å². The second-order valence-corrected chi connectivity index (χ2v) is 6.72. The van der Waals surface area contributed by atoms with Gasteiger partial charge in [-0.1, -0.05) is 29.8 Å². The van der Waals surface area contributed by atoms with Crippen LogP contribution in [0.5, 0.6) is 0 Å². The van der Waals surface area contributed by atoms with Crippen LogP contribution in [0.1, 0.15) is 12.1 Å². The maximum Gasteiger partial charge on any atom is 0.228 e. The van der Waals surface area contributed by atoms with Crippen molar-refractivity contribution in [2.45, 2.75) is 18.9 Å². The van der Waals surface area contributed by atoms with E-state index in [4.69, 9.17) is 11.6 Å². The van der Waals surface area contributed by atoms with Crippen LogP contribution in [0.3, 0.4) is 0 Å². The average Bonchev–Trinajstić information content (AvgIpc) is 3.18.